The van der Waals surface area contributed by atoms with Crippen LogP contribution in [0, 0.1) is 6.92 Å². The number of rotatable bonds is 5. The molecule has 1 amide bonds. The highest BCUT2D eigenvalue weighted by molar-refractivity contribution is 6.18. The normalized spacial score (nSPS) is 10.4. The number of alkyl halides is 1. The first kappa shape index (κ1) is 13.5. The molecule has 0 aliphatic heterocycles. The Hall–Kier alpha value is -1.88. The fourth-order valence-corrected chi connectivity index (χ4v) is 1.76. The van der Waals surface area contributed by atoms with Gasteiger partial charge in [-0.3, -0.25) is 4.79 Å². The van der Waals surface area contributed by atoms with Crippen molar-refractivity contribution < 1.29 is 9.21 Å². The molecule has 0 radical (unpaired) electrons. The monoisotopic (exact) mass is 279 g/mol. The summed E-state index contributed by atoms with van der Waals surface area (Å²) in [4.78, 5) is 11.7. The van der Waals surface area contributed by atoms with E-state index < -0.39 is 0 Å². The minimum Gasteiger partial charge on any atom is -0.421 e. The number of aromatic nitrogens is 2. The number of hydrogen-bond donors (Lipinski definition) is 1. The van der Waals surface area contributed by atoms with Gasteiger partial charge in [-0.25, -0.2) is 0 Å². The Kier molecular flexibility index (Phi) is 4.52. The molecule has 19 heavy (non-hydrogen) atoms. The van der Waals surface area contributed by atoms with Crippen LogP contribution in [0.4, 0.5) is 5.69 Å². The summed E-state index contributed by atoms with van der Waals surface area (Å²) >= 11 is 5.57. The zero-order valence-corrected chi connectivity index (χ0v) is 11.3. The van der Waals surface area contributed by atoms with Gasteiger partial charge in [0, 0.05) is 19.2 Å². The minimum absolute atomic E-state index is 0.0793. The van der Waals surface area contributed by atoms with E-state index in [2.05, 4.69) is 15.5 Å². The summed E-state index contributed by atoms with van der Waals surface area (Å²) in [5.74, 6) is 1.27. The maximum absolute atomic E-state index is 11.7. The number of halogens is 1. The second-order valence-electron chi connectivity index (χ2n) is 4.01. The molecular formula is C13H14ClN3O2. The molecule has 5 nitrogen and oxygen atoms in total. The van der Waals surface area contributed by atoms with E-state index in [-0.39, 0.29) is 5.91 Å². The smallest absolute Gasteiger partial charge is 0.249 e. The van der Waals surface area contributed by atoms with Gasteiger partial charge in [0.25, 0.3) is 0 Å². The number of para-hydroxylation sites is 1. The maximum atomic E-state index is 11.7. The lowest BCUT2D eigenvalue weighted by Crippen LogP contribution is -2.12. The van der Waals surface area contributed by atoms with Gasteiger partial charge < -0.3 is 9.73 Å². The third-order valence-electron chi connectivity index (χ3n) is 2.50. The molecule has 100 valence electrons. The third kappa shape index (κ3) is 3.54. The molecule has 0 atom stereocenters. The highest BCUT2D eigenvalue weighted by Gasteiger charge is 2.12. The lowest BCUT2D eigenvalue weighted by atomic mass is 10.1. The van der Waals surface area contributed by atoms with Crippen molar-refractivity contribution >= 4 is 23.2 Å². The van der Waals surface area contributed by atoms with E-state index >= 15 is 0 Å². The number of anilines is 1. The minimum atomic E-state index is -0.0793. The van der Waals surface area contributed by atoms with Gasteiger partial charge in [0.2, 0.25) is 17.7 Å². The maximum Gasteiger partial charge on any atom is 0.249 e. The molecule has 0 unspecified atom stereocenters. The number of nitrogens with one attached hydrogen (secondary N) is 1. The van der Waals surface area contributed by atoms with E-state index in [1.54, 1.807) is 13.0 Å². The number of aryl methyl sites for hydroxylation is 1. The number of hydrogen-bond acceptors (Lipinski definition) is 4. The third-order valence-corrected chi connectivity index (χ3v) is 2.76. The fourth-order valence-electron chi connectivity index (χ4n) is 1.62. The zero-order chi connectivity index (χ0) is 13.7. The summed E-state index contributed by atoms with van der Waals surface area (Å²) in [6.45, 7) is 1.72. The Morgan fingerprint density at radius 1 is 1.37 bits per heavy atom. The van der Waals surface area contributed by atoms with E-state index in [1.165, 1.54) is 0 Å². The van der Waals surface area contributed by atoms with Gasteiger partial charge in [-0.05, 0) is 18.6 Å². The van der Waals surface area contributed by atoms with Crippen molar-refractivity contribution in [2.24, 2.45) is 0 Å². The molecule has 0 bridgehead atoms. The van der Waals surface area contributed by atoms with E-state index in [4.69, 9.17) is 16.0 Å². The van der Waals surface area contributed by atoms with Crippen molar-refractivity contribution in [1.82, 2.24) is 10.2 Å². The van der Waals surface area contributed by atoms with Crippen LogP contribution in [-0.2, 0) is 4.79 Å². The molecule has 1 N–H and O–H groups in total. The molecule has 0 saturated carbocycles. The quantitative estimate of drug-likeness (QED) is 0.854. The van der Waals surface area contributed by atoms with Crippen LogP contribution < -0.4 is 5.32 Å². The fraction of sp³-hybridized carbons (Fsp3) is 0.308. The molecule has 0 aliphatic carbocycles. The van der Waals surface area contributed by atoms with Crippen LogP contribution in [0.2, 0.25) is 0 Å². The van der Waals surface area contributed by atoms with Crippen molar-refractivity contribution in [1.29, 1.82) is 0 Å². The van der Waals surface area contributed by atoms with Gasteiger partial charge in [0.15, 0.2) is 0 Å². The second kappa shape index (κ2) is 6.33. The highest BCUT2D eigenvalue weighted by Crippen LogP contribution is 2.26. The van der Waals surface area contributed by atoms with Crippen molar-refractivity contribution in [3.05, 3.63) is 30.2 Å². The van der Waals surface area contributed by atoms with Gasteiger partial charge in [0.1, 0.15) is 0 Å². The Labute approximate surface area is 116 Å². The average molecular weight is 280 g/mol. The standard InChI is InChI=1S/C13H14ClN3O2/c1-9-16-17-13(19-9)10-5-2-3-6-11(10)15-12(18)7-4-8-14/h2-3,5-6H,4,7-8H2,1H3,(H,15,18). The van der Waals surface area contributed by atoms with Gasteiger partial charge in [-0.15, -0.1) is 21.8 Å². The average Bonchev–Trinajstić information content (AvgIpc) is 2.83. The van der Waals surface area contributed by atoms with Gasteiger partial charge in [-0.2, -0.15) is 0 Å². The molecule has 1 aromatic carbocycles. The highest BCUT2D eigenvalue weighted by atomic mass is 35.5. The van der Waals surface area contributed by atoms with Gasteiger partial charge in [0.05, 0.1) is 11.3 Å². The van der Waals surface area contributed by atoms with Crippen LogP contribution in [-0.4, -0.2) is 22.0 Å². The van der Waals surface area contributed by atoms with Crippen molar-refractivity contribution in [3.8, 4) is 11.5 Å². The summed E-state index contributed by atoms with van der Waals surface area (Å²) in [5, 5.41) is 10.6. The predicted octanol–water partition coefficient (Wildman–Crippen LogP) is 3.00. The number of amides is 1. The Morgan fingerprint density at radius 3 is 2.84 bits per heavy atom. The van der Waals surface area contributed by atoms with Crippen LogP contribution >= 0.6 is 11.6 Å². The molecule has 1 aromatic heterocycles. The molecule has 0 fully saturated rings. The largest absolute Gasteiger partial charge is 0.421 e. The lowest BCUT2D eigenvalue weighted by molar-refractivity contribution is -0.116. The predicted molar refractivity (Wildman–Crippen MR) is 73.1 cm³/mol. The van der Waals surface area contributed by atoms with Crippen molar-refractivity contribution in [3.63, 3.8) is 0 Å². The summed E-state index contributed by atoms with van der Waals surface area (Å²) in [7, 11) is 0. The Morgan fingerprint density at radius 2 is 2.16 bits per heavy atom. The summed E-state index contributed by atoms with van der Waals surface area (Å²) in [6.07, 6.45) is 1.04. The first-order valence-corrected chi connectivity index (χ1v) is 6.49. The van der Waals surface area contributed by atoms with E-state index in [1.807, 2.05) is 18.2 Å². The van der Waals surface area contributed by atoms with Crippen molar-refractivity contribution in [2.45, 2.75) is 19.8 Å². The van der Waals surface area contributed by atoms with Gasteiger partial charge >= 0.3 is 0 Å². The summed E-state index contributed by atoms with van der Waals surface area (Å²) in [6, 6.07) is 7.31. The summed E-state index contributed by atoms with van der Waals surface area (Å²) in [5.41, 5.74) is 1.37. The molecular weight excluding hydrogens is 266 g/mol. The number of nitrogens with zero attached hydrogens (tertiary/aromatic N) is 2. The van der Waals surface area contributed by atoms with E-state index in [9.17, 15) is 4.79 Å². The molecule has 0 aliphatic rings. The van der Waals surface area contributed by atoms with Crippen LogP contribution in [0.15, 0.2) is 28.7 Å². The van der Waals surface area contributed by atoms with Crippen LogP contribution in [0.5, 0.6) is 0 Å². The molecule has 2 rings (SSSR count). The topological polar surface area (TPSA) is 68.0 Å². The number of carbonyl (C=O) groups is 1. The van der Waals surface area contributed by atoms with Crippen molar-refractivity contribution in [2.75, 3.05) is 11.2 Å². The molecule has 0 saturated heterocycles. The van der Waals surface area contributed by atoms with Crippen LogP contribution in [0.1, 0.15) is 18.7 Å². The number of carbonyl (C=O) groups excluding carboxylic acids is 1. The number of benzene rings is 1. The van der Waals surface area contributed by atoms with E-state index in [0.29, 0.717) is 41.8 Å². The van der Waals surface area contributed by atoms with E-state index in [0.717, 1.165) is 0 Å². The zero-order valence-electron chi connectivity index (χ0n) is 10.5. The molecule has 0 spiro atoms. The lowest BCUT2D eigenvalue weighted by Gasteiger charge is -2.07. The molecule has 6 heteroatoms. The second-order valence-corrected chi connectivity index (χ2v) is 4.39. The molecule has 1 heterocycles. The SMILES string of the molecule is Cc1nnc(-c2ccccc2NC(=O)CCCCl)o1. The summed E-state index contributed by atoms with van der Waals surface area (Å²) < 4.78 is 5.38. The Balaban J connectivity index is 2.19. The first-order valence-electron chi connectivity index (χ1n) is 5.96. The molecule has 2 aromatic rings. The Bertz CT molecular complexity index is 569. The van der Waals surface area contributed by atoms with Crippen LogP contribution in [0.3, 0.4) is 0 Å². The van der Waals surface area contributed by atoms with Gasteiger partial charge in [-0.1, -0.05) is 12.1 Å². The van der Waals surface area contributed by atoms with Crippen LogP contribution in [0.25, 0.3) is 11.5 Å². The first-order chi connectivity index (χ1) is 9.20.